The minimum absolute atomic E-state index is 0.137. The Labute approximate surface area is 103 Å². The summed E-state index contributed by atoms with van der Waals surface area (Å²) >= 11 is 0. The molecule has 92 valence electrons. The number of nitrogens with zero attached hydrogens (tertiary/aromatic N) is 1. The van der Waals surface area contributed by atoms with E-state index in [1.807, 2.05) is 36.1 Å². The molecule has 2 N–H and O–H groups in total. The molecule has 1 amide bonds. The lowest BCUT2D eigenvalue weighted by Gasteiger charge is -2.37. The quantitative estimate of drug-likeness (QED) is 0.862. The maximum Gasteiger partial charge on any atom is 0.254 e. The average Bonchev–Trinajstić information content (AvgIpc) is 2.26. The maximum absolute atomic E-state index is 12.5. The summed E-state index contributed by atoms with van der Waals surface area (Å²) in [5.41, 5.74) is 7.46. The highest BCUT2D eigenvalue weighted by Crippen LogP contribution is 2.26. The van der Waals surface area contributed by atoms with Gasteiger partial charge in [0.05, 0.1) is 0 Å². The monoisotopic (exact) mass is 232 g/mol. The van der Waals surface area contributed by atoms with Crippen LogP contribution >= 0.6 is 0 Å². The fourth-order valence-electron chi connectivity index (χ4n) is 2.25. The normalized spacial score (nSPS) is 15.4. The standard InChI is InChI=1S/C14H20N2O/c1-11-5-2-3-8-13(11)14(17)16(10-9-15)12-6-4-7-12/h2-3,5,8,12H,4,6-7,9-10,15H2,1H3. The summed E-state index contributed by atoms with van der Waals surface area (Å²) in [7, 11) is 0. The number of benzene rings is 1. The topological polar surface area (TPSA) is 46.3 Å². The predicted molar refractivity (Wildman–Crippen MR) is 68.9 cm³/mol. The molecule has 3 heteroatoms. The van der Waals surface area contributed by atoms with Crippen LogP contribution in [0.3, 0.4) is 0 Å². The first-order valence-electron chi connectivity index (χ1n) is 6.30. The molecule has 3 nitrogen and oxygen atoms in total. The average molecular weight is 232 g/mol. The number of hydrogen-bond donors (Lipinski definition) is 1. The van der Waals surface area contributed by atoms with Crippen molar-refractivity contribution in [1.82, 2.24) is 4.90 Å². The van der Waals surface area contributed by atoms with E-state index in [-0.39, 0.29) is 5.91 Å². The Bertz CT molecular complexity index is 399. The zero-order valence-corrected chi connectivity index (χ0v) is 10.4. The highest BCUT2D eigenvalue weighted by molar-refractivity contribution is 5.95. The summed E-state index contributed by atoms with van der Waals surface area (Å²) in [5, 5.41) is 0. The zero-order chi connectivity index (χ0) is 12.3. The van der Waals surface area contributed by atoms with Gasteiger partial charge in [-0.15, -0.1) is 0 Å². The van der Waals surface area contributed by atoms with Crippen LogP contribution in [-0.2, 0) is 0 Å². The van der Waals surface area contributed by atoms with Crippen molar-refractivity contribution in [2.24, 2.45) is 5.73 Å². The van der Waals surface area contributed by atoms with E-state index in [2.05, 4.69) is 0 Å². The molecule has 1 aliphatic rings. The third-order valence-corrected chi connectivity index (χ3v) is 3.52. The first-order chi connectivity index (χ1) is 8.24. The molecular formula is C14H20N2O. The summed E-state index contributed by atoms with van der Waals surface area (Å²) in [6.45, 7) is 3.18. The zero-order valence-electron chi connectivity index (χ0n) is 10.4. The molecule has 0 heterocycles. The van der Waals surface area contributed by atoms with Crippen LogP contribution in [0, 0.1) is 6.92 Å². The van der Waals surface area contributed by atoms with Gasteiger partial charge in [0.2, 0.25) is 0 Å². The van der Waals surface area contributed by atoms with Gasteiger partial charge in [0.15, 0.2) is 0 Å². The van der Waals surface area contributed by atoms with E-state index in [1.165, 1.54) is 6.42 Å². The Morgan fingerprint density at radius 2 is 2.12 bits per heavy atom. The molecule has 0 saturated heterocycles. The first kappa shape index (κ1) is 12.1. The lowest BCUT2D eigenvalue weighted by Crippen LogP contribution is -2.46. The minimum atomic E-state index is 0.137. The Balaban J connectivity index is 2.18. The van der Waals surface area contributed by atoms with E-state index in [4.69, 9.17) is 5.73 Å². The minimum Gasteiger partial charge on any atom is -0.334 e. The fourth-order valence-corrected chi connectivity index (χ4v) is 2.25. The molecule has 17 heavy (non-hydrogen) atoms. The van der Waals surface area contributed by atoms with E-state index in [0.717, 1.165) is 24.0 Å². The number of carbonyl (C=O) groups excluding carboxylic acids is 1. The van der Waals surface area contributed by atoms with Crippen LogP contribution < -0.4 is 5.73 Å². The van der Waals surface area contributed by atoms with E-state index in [9.17, 15) is 4.79 Å². The molecule has 0 radical (unpaired) electrons. The molecule has 0 atom stereocenters. The van der Waals surface area contributed by atoms with Crippen LogP contribution in [0.1, 0.15) is 35.2 Å². The van der Waals surface area contributed by atoms with Crippen LogP contribution in [0.25, 0.3) is 0 Å². The van der Waals surface area contributed by atoms with Crippen molar-refractivity contribution in [2.75, 3.05) is 13.1 Å². The Kier molecular flexibility index (Phi) is 3.79. The third-order valence-electron chi connectivity index (χ3n) is 3.52. The van der Waals surface area contributed by atoms with E-state index >= 15 is 0 Å². The molecule has 0 aromatic heterocycles. The smallest absolute Gasteiger partial charge is 0.254 e. The van der Waals surface area contributed by atoms with Crippen LogP contribution in [-0.4, -0.2) is 29.9 Å². The van der Waals surface area contributed by atoms with Crippen LogP contribution in [0.5, 0.6) is 0 Å². The summed E-state index contributed by atoms with van der Waals surface area (Å²) in [4.78, 5) is 14.4. The molecular weight excluding hydrogens is 212 g/mol. The molecule has 2 rings (SSSR count). The van der Waals surface area contributed by atoms with Crippen molar-refractivity contribution in [2.45, 2.75) is 32.2 Å². The number of nitrogens with two attached hydrogens (primary N) is 1. The SMILES string of the molecule is Cc1ccccc1C(=O)N(CCN)C1CCC1. The number of hydrogen-bond acceptors (Lipinski definition) is 2. The Morgan fingerprint density at radius 1 is 1.41 bits per heavy atom. The molecule has 1 aromatic rings. The molecule has 0 aliphatic heterocycles. The van der Waals surface area contributed by atoms with Crippen LogP contribution in [0.15, 0.2) is 24.3 Å². The highest BCUT2D eigenvalue weighted by atomic mass is 16.2. The summed E-state index contributed by atoms with van der Waals surface area (Å²) in [6.07, 6.45) is 3.47. The molecule has 0 unspecified atom stereocenters. The van der Waals surface area contributed by atoms with Crippen LogP contribution in [0.4, 0.5) is 0 Å². The molecule has 1 saturated carbocycles. The second-order valence-electron chi connectivity index (χ2n) is 4.69. The van der Waals surface area contributed by atoms with E-state index in [0.29, 0.717) is 19.1 Å². The fraction of sp³-hybridized carbons (Fsp3) is 0.500. The molecule has 1 aromatic carbocycles. The summed E-state index contributed by atoms with van der Waals surface area (Å²) in [6, 6.07) is 8.17. The highest BCUT2D eigenvalue weighted by Gasteiger charge is 2.29. The van der Waals surface area contributed by atoms with Gasteiger partial charge in [-0.05, 0) is 37.8 Å². The van der Waals surface area contributed by atoms with E-state index in [1.54, 1.807) is 0 Å². The molecule has 1 fully saturated rings. The Morgan fingerprint density at radius 3 is 2.65 bits per heavy atom. The number of carbonyl (C=O) groups is 1. The second-order valence-corrected chi connectivity index (χ2v) is 4.69. The van der Waals surface area contributed by atoms with Gasteiger partial charge >= 0.3 is 0 Å². The van der Waals surface area contributed by atoms with Crippen molar-refractivity contribution < 1.29 is 4.79 Å². The first-order valence-corrected chi connectivity index (χ1v) is 6.30. The van der Waals surface area contributed by atoms with Crippen molar-refractivity contribution in [1.29, 1.82) is 0 Å². The lowest BCUT2D eigenvalue weighted by atomic mass is 9.90. The maximum atomic E-state index is 12.5. The summed E-state index contributed by atoms with van der Waals surface area (Å²) < 4.78 is 0. The van der Waals surface area contributed by atoms with Gasteiger partial charge in [0.1, 0.15) is 0 Å². The van der Waals surface area contributed by atoms with E-state index < -0.39 is 0 Å². The van der Waals surface area contributed by atoms with Gasteiger partial charge in [-0.3, -0.25) is 4.79 Å². The molecule has 0 bridgehead atoms. The van der Waals surface area contributed by atoms with Gasteiger partial charge in [-0.25, -0.2) is 0 Å². The number of aryl methyl sites for hydroxylation is 1. The van der Waals surface area contributed by atoms with Crippen molar-refractivity contribution in [3.63, 3.8) is 0 Å². The molecule has 1 aliphatic carbocycles. The largest absolute Gasteiger partial charge is 0.334 e. The van der Waals surface area contributed by atoms with Crippen molar-refractivity contribution in [3.05, 3.63) is 35.4 Å². The van der Waals surface area contributed by atoms with Gasteiger partial charge in [-0.1, -0.05) is 18.2 Å². The molecule has 0 spiro atoms. The number of amides is 1. The number of rotatable bonds is 4. The van der Waals surface area contributed by atoms with Gasteiger partial charge < -0.3 is 10.6 Å². The van der Waals surface area contributed by atoms with Crippen molar-refractivity contribution in [3.8, 4) is 0 Å². The van der Waals surface area contributed by atoms with Crippen molar-refractivity contribution >= 4 is 5.91 Å². The van der Waals surface area contributed by atoms with Gasteiger partial charge in [-0.2, -0.15) is 0 Å². The third kappa shape index (κ3) is 2.50. The second kappa shape index (κ2) is 5.32. The van der Waals surface area contributed by atoms with Crippen LogP contribution in [0.2, 0.25) is 0 Å². The predicted octanol–water partition coefficient (Wildman–Crippen LogP) is 1.95. The van der Waals surface area contributed by atoms with Gasteiger partial charge in [0, 0.05) is 24.7 Å². The summed E-state index contributed by atoms with van der Waals surface area (Å²) in [5.74, 6) is 0.137. The Hall–Kier alpha value is -1.35. The van der Waals surface area contributed by atoms with Gasteiger partial charge in [0.25, 0.3) is 5.91 Å². The lowest BCUT2D eigenvalue weighted by molar-refractivity contribution is 0.0588.